The molecule has 4 aromatic rings. The molecule has 0 unspecified atom stereocenters. The largest absolute Gasteiger partial charge is 0.496 e. The van der Waals surface area contributed by atoms with Gasteiger partial charge in [-0.25, -0.2) is 0 Å². The van der Waals surface area contributed by atoms with E-state index in [1.165, 1.54) is 0 Å². The minimum Gasteiger partial charge on any atom is -0.496 e. The summed E-state index contributed by atoms with van der Waals surface area (Å²) in [4.78, 5) is 28.8. The average Bonchev–Trinajstić information content (AvgIpc) is 2.92. The van der Waals surface area contributed by atoms with Crippen LogP contribution in [0.15, 0.2) is 82.0 Å². The highest BCUT2D eigenvalue weighted by molar-refractivity contribution is 6.05. The van der Waals surface area contributed by atoms with E-state index in [1.54, 1.807) is 32.2 Å². The predicted molar refractivity (Wildman–Crippen MR) is 141 cm³/mol. The minimum atomic E-state index is -0.213. The lowest BCUT2D eigenvalue weighted by atomic mass is 10.0. The number of fused-ring (bicyclic) bond motifs is 1. The number of carbonyl (C=O) groups excluding carboxylic acids is 1. The van der Waals surface area contributed by atoms with Crippen LogP contribution in [0, 0.1) is 6.92 Å². The van der Waals surface area contributed by atoms with Gasteiger partial charge in [0.05, 0.1) is 18.1 Å². The van der Waals surface area contributed by atoms with Crippen LogP contribution in [0.2, 0.25) is 0 Å². The molecule has 184 valence electrons. The summed E-state index contributed by atoms with van der Waals surface area (Å²) in [6.45, 7) is 4.34. The van der Waals surface area contributed by atoms with E-state index in [9.17, 15) is 9.59 Å². The standard InChI is InChI=1S/C30H30N2O4/c1-20-27(33)24-12-8-13-25(29(24)36-28(20)21-9-4-3-5-10-21)30(34)31-23-15-17-32(18-16-23)19-22-11-6-7-14-26(22)35-2/h3-14,23H,15-19H2,1-2H3,(H,31,34). The maximum Gasteiger partial charge on any atom is 0.255 e. The Morgan fingerprint density at radius 2 is 1.72 bits per heavy atom. The van der Waals surface area contributed by atoms with Crippen LogP contribution in [-0.4, -0.2) is 37.0 Å². The summed E-state index contributed by atoms with van der Waals surface area (Å²) in [5.41, 5.74) is 3.11. The van der Waals surface area contributed by atoms with Crippen LogP contribution in [-0.2, 0) is 6.54 Å². The molecule has 1 aromatic heterocycles. The van der Waals surface area contributed by atoms with Gasteiger partial charge in [-0.05, 0) is 38.0 Å². The Kier molecular flexibility index (Phi) is 6.87. The van der Waals surface area contributed by atoms with Gasteiger partial charge in [-0.15, -0.1) is 0 Å². The molecule has 0 spiro atoms. The van der Waals surface area contributed by atoms with E-state index in [0.29, 0.717) is 27.9 Å². The van der Waals surface area contributed by atoms with E-state index >= 15 is 0 Å². The fraction of sp³-hybridized carbons (Fsp3) is 0.267. The maximum atomic E-state index is 13.3. The smallest absolute Gasteiger partial charge is 0.255 e. The first-order valence-electron chi connectivity index (χ1n) is 12.3. The Balaban J connectivity index is 1.32. The number of hydrogen-bond acceptors (Lipinski definition) is 5. The third-order valence-corrected chi connectivity index (χ3v) is 6.93. The number of benzene rings is 3. The molecule has 0 aliphatic carbocycles. The summed E-state index contributed by atoms with van der Waals surface area (Å²) in [6, 6.07) is 22.8. The number of rotatable bonds is 6. The molecule has 3 aromatic carbocycles. The van der Waals surface area contributed by atoms with E-state index in [2.05, 4.69) is 16.3 Å². The van der Waals surface area contributed by atoms with Gasteiger partial charge in [0, 0.05) is 42.4 Å². The molecule has 0 bridgehead atoms. The molecule has 1 aliphatic rings. The fourth-order valence-corrected chi connectivity index (χ4v) is 4.93. The second kappa shape index (κ2) is 10.4. The van der Waals surface area contributed by atoms with Crippen molar-refractivity contribution in [1.82, 2.24) is 10.2 Å². The molecule has 1 aliphatic heterocycles. The number of nitrogens with zero attached hydrogens (tertiary/aromatic N) is 1. The molecular formula is C30H30N2O4. The lowest BCUT2D eigenvalue weighted by Crippen LogP contribution is -2.44. The maximum absolute atomic E-state index is 13.3. The number of likely N-dealkylation sites (tertiary alicyclic amines) is 1. The molecule has 2 heterocycles. The third-order valence-electron chi connectivity index (χ3n) is 6.93. The van der Waals surface area contributed by atoms with Gasteiger partial charge in [-0.2, -0.15) is 0 Å². The van der Waals surface area contributed by atoms with Gasteiger partial charge in [-0.1, -0.05) is 54.6 Å². The van der Waals surface area contributed by atoms with Crippen molar-refractivity contribution < 1.29 is 13.9 Å². The second-order valence-corrected chi connectivity index (χ2v) is 9.27. The van der Waals surface area contributed by atoms with E-state index in [0.717, 1.165) is 49.4 Å². The Bertz CT molecular complexity index is 1440. The quantitative estimate of drug-likeness (QED) is 0.410. The zero-order valence-electron chi connectivity index (χ0n) is 20.6. The number of ether oxygens (including phenoxy) is 1. The molecule has 1 N–H and O–H groups in total. The molecule has 6 nitrogen and oxygen atoms in total. The number of nitrogens with one attached hydrogen (secondary N) is 1. The van der Waals surface area contributed by atoms with Gasteiger partial charge in [0.15, 0.2) is 11.0 Å². The van der Waals surface area contributed by atoms with Crippen LogP contribution in [0.3, 0.4) is 0 Å². The van der Waals surface area contributed by atoms with Gasteiger partial charge in [0.2, 0.25) is 0 Å². The zero-order valence-corrected chi connectivity index (χ0v) is 20.6. The summed E-state index contributed by atoms with van der Waals surface area (Å²) in [6.07, 6.45) is 1.70. The number of carbonyl (C=O) groups is 1. The van der Waals surface area contributed by atoms with Gasteiger partial charge >= 0.3 is 0 Å². The van der Waals surface area contributed by atoms with Crippen molar-refractivity contribution in [3.8, 4) is 17.1 Å². The van der Waals surface area contributed by atoms with E-state index in [1.807, 2.05) is 48.5 Å². The van der Waals surface area contributed by atoms with Crippen LogP contribution < -0.4 is 15.5 Å². The van der Waals surface area contributed by atoms with E-state index in [4.69, 9.17) is 9.15 Å². The summed E-state index contributed by atoms with van der Waals surface area (Å²) in [7, 11) is 1.69. The molecule has 0 atom stereocenters. The van der Waals surface area contributed by atoms with Gasteiger partial charge in [-0.3, -0.25) is 14.5 Å². The summed E-state index contributed by atoms with van der Waals surface area (Å²) in [5.74, 6) is 1.18. The molecule has 1 fully saturated rings. The van der Waals surface area contributed by atoms with Crippen LogP contribution in [0.25, 0.3) is 22.3 Å². The van der Waals surface area contributed by atoms with Crippen molar-refractivity contribution in [2.24, 2.45) is 0 Å². The molecule has 0 saturated carbocycles. The molecule has 6 heteroatoms. The Labute approximate surface area is 210 Å². The lowest BCUT2D eigenvalue weighted by Gasteiger charge is -2.32. The molecule has 5 rings (SSSR count). The topological polar surface area (TPSA) is 71.8 Å². The van der Waals surface area contributed by atoms with Crippen molar-refractivity contribution >= 4 is 16.9 Å². The number of methoxy groups -OCH3 is 1. The van der Waals surface area contributed by atoms with Gasteiger partial charge in [0.25, 0.3) is 5.91 Å². The third kappa shape index (κ3) is 4.77. The normalized spacial score (nSPS) is 14.6. The Morgan fingerprint density at radius 1 is 1.00 bits per heavy atom. The second-order valence-electron chi connectivity index (χ2n) is 9.27. The van der Waals surface area contributed by atoms with E-state index in [-0.39, 0.29) is 17.4 Å². The zero-order chi connectivity index (χ0) is 25.1. The highest BCUT2D eigenvalue weighted by Crippen LogP contribution is 2.28. The first-order valence-corrected chi connectivity index (χ1v) is 12.3. The first kappa shape index (κ1) is 23.8. The number of para-hydroxylation sites is 2. The highest BCUT2D eigenvalue weighted by Gasteiger charge is 2.24. The van der Waals surface area contributed by atoms with Gasteiger partial charge in [0.1, 0.15) is 11.5 Å². The number of amides is 1. The average molecular weight is 483 g/mol. The molecule has 0 radical (unpaired) electrons. The lowest BCUT2D eigenvalue weighted by molar-refractivity contribution is 0.0909. The molecule has 1 amide bonds. The Morgan fingerprint density at radius 3 is 2.47 bits per heavy atom. The summed E-state index contributed by atoms with van der Waals surface area (Å²) < 4.78 is 11.7. The van der Waals surface area contributed by atoms with Crippen molar-refractivity contribution in [2.75, 3.05) is 20.2 Å². The first-order chi connectivity index (χ1) is 17.5. The van der Waals surface area contributed by atoms with Crippen molar-refractivity contribution in [3.05, 3.63) is 99.7 Å². The monoisotopic (exact) mass is 482 g/mol. The van der Waals surface area contributed by atoms with Crippen molar-refractivity contribution in [1.29, 1.82) is 0 Å². The highest BCUT2D eigenvalue weighted by atomic mass is 16.5. The van der Waals surface area contributed by atoms with Crippen molar-refractivity contribution in [3.63, 3.8) is 0 Å². The van der Waals surface area contributed by atoms with Crippen LogP contribution in [0.4, 0.5) is 0 Å². The number of piperidine rings is 1. The Hall–Kier alpha value is -3.90. The van der Waals surface area contributed by atoms with Crippen LogP contribution in [0.1, 0.15) is 34.3 Å². The fourth-order valence-electron chi connectivity index (χ4n) is 4.93. The van der Waals surface area contributed by atoms with Crippen LogP contribution >= 0.6 is 0 Å². The van der Waals surface area contributed by atoms with Gasteiger partial charge < -0.3 is 14.5 Å². The minimum absolute atomic E-state index is 0.0624. The predicted octanol–water partition coefficient (Wildman–Crippen LogP) is 5.17. The molecular weight excluding hydrogens is 452 g/mol. The number of hydrogen-bond donors (Lipinski definition) is 1. The summed E-state index contributed by atoms with van der Waals surface area (Å²) >= 11 is 0. The van der Waals surface area contributed by atoms with Crippen LogP contribution in [0.5, 0.6) is 5.75 Å². The molecule has 1 saturated heterocycles. The van der Waals surface area contributed by atoms with Crippen molar-refractivity contribution in [2.45, 2.75) is 32.4 Å². The van der Waals surface area contributed by atoms with E-state index < -0.39 is 0 Å². The molecule has 36 heavy (non-hydrogen) atoms. The summed E-state index contributed by atoms with van der Waals surface area (Å²) in [5, 5.41) is 3.60. The SMILES string of the molecule is COc1ccccc1CN1CCC(NC(=O)c2cccc3c(=O)c(C)c(-c4ccccc4)oc23)CC1.